The number of aryl methyl sites for hydroxylation is 1. The molecule has 0 atom stereocenters. The Morgan fingerprint density at radius 3 is 2.68 bits per heavy atom. The van der Waals surface area contributed by atoms with Gasteiger partial charge in [0, 0.05) is 29.6 Å². The minimum absolute atomic E-state index is 0.0476. The lowest BCUT2D eigenvalue weighted by atomic mass is 9.86. The van der Waals surface area contributed by atoms with E-state index in [4.69, 9.17) is 5.11 Å². The summed E-state index contributed by atoms with van der Waals surface area (Å²) in [5, 5.41) is 12.3. The third kappa shape index (κ3) is 4.63. The largest absolute Gasteiger partial charge is 0.481 e. The molecule has 0 spiro atoms. The molecule has 2 aromatic heterocycles. The second kappa shape index (κ2) is 8.67. The number of carboxylic acid groups (broad SMARTS) is 1. The van der Waals surface area contributed by atoms with Gasteiger partial charge in [0.05, 0.1) is 12.1 Å². The van der Waals surface area contributed by atoms with Crippen LogP contribution < -0.4 is 10.9 Å². The van der Waals surface area contributed by atoms with Crippen LogP contribution in [0.3, 0.4) is 0 Å². The maximum Gasteiger partial charge on any atom is 0.306 e. The molecular formula is C23H23FN4O3. The Bertz CT molecular complexity index is 1170. The summed E-state index contributed by atoms with van der Waals surface area (Å²) in [4.78, 5) is 31.8. The number of nitrogens with one attached hydrogen (secondary N) is 1. The number of pyridine rings is 1. The van der Waals surface area contributed by atoms with Crippen molar-refractivity contribution in [2.45, 2.75) is 38.6 Å². The van der Waals surface area contributed by atoms with Crippen LogP contribution in [0.2, 0.25) is 0 Å². The van der Waals surface area contributed by atoms with Gasteiger partial charge in [0.15, 0.2) is 5.82 Å². The van der Waals surface area contributed by atoms with Gasteiger partial charge in [0.1, 0.15) is 5.69 Å². The van der Waals surface area contributed by atoms with Crippen molar-refractivity contribution >= 4 is 11.9 Å². The van der Waals surface area contributed by atoms with Crippen molar-refractivity contribution in [3.05, 3.63) is 70.5 Å². The Kier molecular flexibility index (Phi) is 5.79. The first kappa shape index (κ1) is 20.7. The quantitative estimate of drug-likeness (QED) is 0.649. The fraction of sp³-hybridized carbons (Fsp3) is 0.304. The highest BCUT2D eigenvalue weighted by atomic mass is 19.1. The van der Waals surface area contributed by atoms with Gasteiger partial charge in [-0.05, 0) is 56.4 Å². The van der Waals surface area contributed by atoms with Crippen LogP contribution in [0.4, 0.5) is 10.3 Å². The Labute approximate surface area is 178 Å². The van der Waals surface area contributed by atoms with Gasteiger partial charge in [-0.3, -0.25) is 14.2 Å². The molecule has 0 bridgehead atoms. The molecule has 0 saturated heterocycles. The maximum absolute atomic E-state index is 14.6. The zero-order valence-corrected chi connectivity index (χ0v) is 17.1. The SMILES string of the molecule is Cc1ccn(-c2cccc(-c3nc(N[C@H]4CC[C@H](C(=O)O)CC4)ncc3F)c2)c(=O)c1. The zero-order chi connectivity index (χ0) is 22.0. The highest BCUT2D eigenvalue weighted by molar-refractivity contribution is 5.70. The molecule has 31 heavy (non-hydrogen) atoms. The average Bonchev–Trinajstić information content (AvgIpc) is 2.75. The molecule has 7 nitrogen and oxygen atoms in total. The number of nitrogens with zero attached hydrogens (tertiary/aromatic N) is 3. The fourth-order valence-corrected chi connectivity index (χ4v) is 3.90. The zero-order valence-electron chi connectivity index (χ0n) is 17.1. The van der Waals surface area contributed by atoms with Gasteiger partial charge in [0.25, 0.3) is 5.56 Å². The predicted octanol–water partition coefficient (Wildman–Crippen LogP) is 3.80. The number of hydrogen-bond acceptors (Lipinski definition) is 5. The number of benzene rings is 1. The molecule has 1 aromatic carbocycles. The van der Waals surface area contributed by atoms with Crippen LogP contribution in [0.15, 0.2) is 53.6 Å². The molecule has 3 aromatic rings. The molecule has 1 saturated carbocycles. The molecule has 0 amide bonds. The molecule has 1 aliphatic carbocycles. The molecule has 0 aliphatic heterocycles. The van der Waals surface area contributed by atoms with Crippen molar-refractivity contribution in [1.82, 2.24) is 14.5 Å². The van der Waals surface area contributed by atoms with Crippen LogP contribution in [0.25, 0.3) is 16.9 Å². The highest BCUT2D eigenvalue weighted by Gasteiger charge is 2.26. The minimum Gasteiger partial charge on any atom is -0.481 e. The fourth-order valence-electron chi connectivity index (χ4n) is 3.90. The van der Waals surface area contributed by atoms with E-state index >= 15 is 0 Å². The highest BCUT2D eigenvalue weighted by Crippen LogP contribution is 2.27. The summed E-state index contributed by atoms with van der Waals surface area (Å²) in [5.74, 6) is -1.33. The van der Waals surface area contributed by atoms with Gasteiger partial charge >= 0.3 is 5.97 Å². The number of anilines is 1. The van der Waals surface area contributed by atoms with E-state index in [9.17, 15) is 14.0 Å². The first-order valence-corrected chi connectivity index (χ1v) is 10.2. The number of aliphatic carboxylic acids is 1. The molecule has 8 heteroatoms. The van der Waals surface area contributed by atoms with E-state index in [1.54, 1.807) is 36.5 Å². The lowest BCUT2D eigenvalue weighted by molar-refractivity contribution is -0.142. The second-order valence-corrected chi connectivity index (χ2v) is 7.88. The standard InChI is InChI=1S/C23H23FN4O3/c1-14-9-10-28(20(29)11-14)18-4-2-3-16(12-18)21-19(24)13-25-23(27-21)26-17-7-5-15(6-8-17)22(30)31/h2-4,9-13,15,17H,5-8H2,1H3,(H,30,31)(H,25,26,27)/t15-,17-. The summed E-state index contributed by atoms with van der Waals surface area (Å²) in [5.41, 5.74) is 1.98. The molecule has 2 heterocycles. The summed E-state index contributed by atoms with van der Waals surface area (Å²) in [7, 11) is 0. The number of rotatable bonds is 5. The number of halogens is 1. The lowest BCUT2D eigenvalue weighted by Crippen LogP contribution is -2.29. The average molecular weight is 422 g/mol. The Morgan fingerprint density at radius 1 is 1.19 bits per heavy atom. The molecule has 0 unspecified atom stereocenters. The topological polar surface area (TPSA) is 97.1 Å². The molecule has 4 rings (SSSR count). The smallest absolute Gasteiger partial charge is 0.306 e. The molecule has 1 fully saturated rings. The van der Waals surface area contributed by atoms with Crippen molar-refractivity contribution in [2.24, 2.45) is 5.92 Å². The van der Waals surface area contributed by atoms with E-state index in [0.717, 1.165) is 11.8 Å². The molecule has 160 valence electrons. The number of carbonyl (C=O) groups is 1. The van der Waals surface area contributed by atoms with Crippen molar-refractivity contribution < 1.29 is 14.3 Å². The van der Waals surface area contributed by atoms with E-state index in [2.05, 4.69) is 15.3 Å². The number of carboxylic acids is 1. The Morgan fingerprint density at radius 2 is 1.97 bits per heavy atom. The van der Waals surface area contributed by atoms with Crippen LogP contribution in [0.1, 0.15) is 31.2 Å². The maximum atomic E-state index is 14.6. The van der Waals surface area contributed by atoms with Crippen molar-refractivity contribution in [3.63, 3.8) is 0 Å². The summed E-state index contributed by atoms with van der Waals surface area (Å²) in [6.45, 7) is 1.85. The lowest BCUT2D eigenvalue weighted by Gasteiger charge is -2.26. The second-order valence-electron chi connectivity index (χ2n) is 7.88. The van der Waals surface area contributed by atoms with E-state index in [1.165, 1.54) is 4.57 Å². The summed E-state index contributed by atoms with van der Waals surface area (Å²) in [6, 6.07) is 10.4. The van der Waals surface area contributed by atoms with Crippen molar-refractivity contribution in [2.75, 3.05) is 5.32 Å². The van der Waals surface area contributed by atoms with Gasteiger partial charge in [-0.25, -0.2) is 14.4 Å². The molecule has 1 aliphatic rings. The van der Waals surface area contributed by atoms with E-state index < -0.39 is 11.8 Å². The summed E-state index contributed by atoms with van der Waals surface area (Å²) >= 11 is 0. The van der Waals surface area contributed by atoms with Crippen LogP contribution in [0, 0.1) is 18.7 Å². The van der Waals surface area contributed by atoms with Crippen LogP contribution in [-0.2, 0) is 4.79 Å². The van der Waals surface area contributed by atoms with Crippen LogP contribution in [-0.4, -0.2) is 31.7 Å². The van der Waals surface area contributed by atoms with Gasteiger partial charge < -0.3 is 10.4 Å². The van der Waals surface area contributed by atoms with Crippen LogP contribution >= 0.6 is 0 Å². The molecule has 0 radical (unpaired) electrons. The monoisotopic (exact) mass is 422 g/mol. The molecule has 2 N–H and O–H groups in total. The number of aromatic nitrogens is 3. The first-order chi connectivity index (χ1) is 14.9. The van der Waals surface area contributed by atoms with E-state index in [1.807, 2.05) is 13.0 Å². The van der Waals surface area contributed by atoms with Crippen molar-refractivity contribution in [3.8, 4) is 16.9 Å². The van der Waals surface area contributed by atoms with Gasteiger partial charge in [-0.1, -0.05) is 12.1 Å². The van der Waals surface area contributed by atoms with Gasteiger partial charge in [-0.15, -0.1) is 0 Å². The third-order valence-electron chi connectivity index (χ3n) is 5.63. The Balaban J connectivity index is 1.58. The first-order valence-electron chi connectivity index (χ1n) is 10.2. The summed E-state index contributed by atoms with van der Waals surface area (Å²) < 4.78 is 16.0. The van der Waals surface area contributed by atoms with Crippen LogP contribution in [0.5, 0.6) is 0 Å². The predicted molar refractivity (Wildman–Crippen MR) is 115 cm³/mol. The minimum atomic E-state index is -0.758. The van der Waals surface area contributed by atoms with Gasteiger partial charge in [0.2, 0.25) is 5.95 Å². The Hall–Kier alpha value is -3.55. The number of hydrogen-bond donors (Lipinski definition) is 2. The third-order valence-corrected chi connectivity index (χ3v) is 5.63. The van der Waals surface area contributed by atoms with E-state index in [-0.39, 0.29) is 23.2 Å². The molecular weight excluding hydrogens is 399 g/mol. The van der Waals surface area contributed by atoms with Gasteiger partial charge in [-0.2, -0.15) is 0 Å². The van der Waals surface area contributed by atoms with E-state index in [0.29, 0.717) is 42.9 Å². The normalized spacial score (nSPS) is 18.5. The summed E-state index contributed by atoms with van der Waals surface area (Å²) in [6.07, 6.45) is 5.38. The van der Waals surface area contributed by atoms with Crippen molar-refractivity contribution in [1.29, 1.82) is 0 Å².